The fraction of sp³-hybridized carbons (Fsp3) is 0.130. The molecular weight excluding hydrogens is 350 g/mol. The number of fused-ring (bicyclic) bond motifs is 1. The number of pyridine rings is 1. The number of benzene rings is 2. The van der Waals surface area contributed by atoms with Crippen LogP contribution in [0.2, 0.25) is 0 Å². The molecule has 2 aromatic carbocycles. The van der Waals surface area contributed by atoms with Gasteiger partial charge >= 0.3 is 0 Å². The van der Waals surface area contributed by atoms with Crippen molar-refractivity contribution in [3.05, 3.63) is 102 Å². The Balaban J connectivity index is 1.34. The minimum absolute atomic E-state index is 0.105. The highest BCUT2D eigenvalue weighted by Gasteiger charge is 2.07. The van der Waals surface area contributed by atoms with Gasteiger partial charge in [-0.05, 0) is 48.4 Å². The monoisotopic (exact) mass is 371 g/mol. The van der Waals surface area contributed by atoms with E-state index in [0.29, 0.717) is 24.5 Å². The lowest BCUT2D eigenvalue weighted by Gasteiger charge is -2.07. The average molecular weight is 371 g/mol. The molecule has 4 aromatic rings. The first-order valence-corrected chi connectivity index (χ1v) is 9.16. The SMILES string of the molecule is Cc1ccc2nc(COc3ccc(C(=O)NCc4ccccc4)cc3)cn2c1. The van der Waals surface area contributed by atoms with Crippen LogP contribution in [0.5, 0.6) is 5.75 Å². The zero-order valence-corrected chi connectivity index (χ0v) is 15.6. The van der Waals surface area contributed by atoms with E-state index in [1.165, 1.54) is 5.56 Å². The predicted octanol–water partition coefficient (Wildman–Crippen LogP) is 4.15. The third-order valence-corrected chi connectivity index (χ3v) is 4.45. The first kappa shape index (κ1) is 17.8. The Bertz CT molecular complexity index is 1090. The zero-order valence-electron chi connectivity index (χ0n) is 15.6. The number of imidazole rings is 1. The van der Waals surface area contributed by atoms with Crippen LogP contribution >= 0.6 is 0 Å². The summed E-state index contributed by atoms with van der Waals surface area (Å²) < 4.78 is 7.80. The van der Waals surface area contributed by atoms with Crippen LogP contribution in [0.15, 0.2) is 79.1 Å². The number of ether oxygens (including phenoxy) is 1. The van der Waals surface area contributed by atoms with Gasteiger partial charge < -0.3 is 14.5 Å². The molecule has 5 heteroatoms. The van der Waals surface area contributed by atoms with Gasteiger partial charge in [0.15, 0.2) is 0 Å². The molecule has 0 unspecified atom stereocenters. The van der Waals surface area contributed by atoms with Crippen molar-refractivity contribution in [2.75, 3.05) is 0 Å². The molecule has 0 spiro atoms. The van der Waals surface area contributed by atoms with Crippen LogP contribution in [-0.2, 0) is 13.2 Å². The van der Waals surface area contributed by atoms with Gasteiger partial charge in [-0.25, -0.2) is 4.98 Å². The Hall–Kier alpha value is -3.60. The molecular formula is C23H21N3O2. The van der Waals surface area contributed by atoms with Crippen molar-refractivity contribution < 1.29 is 9.53 Å². The zero-order chi connectivity index (χ0) is 19.3. The quantitative estimate of drug-likeness (QED) is 0.554. The fourth-order valence-corrected chi connectivity index (χ4v) is 2.97. The second-order valence-corrected chi connectivity index (χ2v) is 6.69. The van der Waals surface area contributed by atoms with Gasteiger partial charge in [-0.3, -0.25) is 4.79 Å². The van der Waals surface area contributed by atoms with E-state index in [4.69, 9.17) is 4.74 Å². The number of carbonyl (C=O) groups is 1. The number of carbonyl (C=O) groups excluding carboxylic acids is 1. The third kappa shape index (κ3) is 4.20. The summed E-state index contributed by atoms with van der Waals surface area (Å²) in [6, 6.07) is 21.0. The van der Waals surface area contributed by atoms with Crippen LogP contribution in [-0.4, -0.2) is 15.3 Å². The molecule has 0 atom stereocenters. The molecule has 2 aromatic heterocycles. The Morgan fingerprint density at radius 2 is 1.79 bits per heavy atom. The molecule has 1 amide bonds. The Kier molecular flexibility index (Phi) is 5.06. The van der Waals surface area contributed by atoms with Crippen LogP contribution in [0.1, 0.15) is 27.2 Å². The normalized spacial score (nSPS) is 10.8. The second-order valence-electron chi connectivity index (χ2n) is 6.69. The molecule has 0 bridgehead atoms. The van der Waals surface area contributed by atoms with Gasteiger partial charge in [0.05, 0.1) is 5.69 Å². The van der Waals surface area contributed by atoms with E-state index in [1.54, 1.807) is 24.3 Å². The summed E-state index contributed by atoms with van der Waals surface area (Å²) in [5, 5.41) is 2.92. The van der Waals surface area contributed by atoms with Crippen molar-refractivity contribution in [2.45, 2.75) is 20.1 Å². The summed E-state index contributed by atoms with van der Waals surface area (Å²) in [5.74, 6) is 0.596. The predicted molar refractivity (Wildman–Crippen MR) is 108 cm³/mol. The number of rotatable bonds is 6. The van der Waals surface area contributed by atoms with E-state index in [-0.39, 0.29) is 5.91 Å². The minimum Gasteiger partial charge on any atom is -0.487 e. The number of aromatic nitrogens is 2. The van der Waals surface area contributed by atoms with Crippen molar-refractivity contribution in [3.8, 4) is 5.75 Å². The lowest BCUT2D eigenvalue weighted by atomic mass is 10.2. The molecule has 0 aliphatic rings. The molecule has 2 heterocycles. The van der Waals surface area contributed by atoms with E-state index < -0.39 is 0 Å². The molecule has 5 nitrogen and oxygen atoms in total. The van der Waals surface area contributed by atoms with E-state index in [1.807, 2.05) is 66.2 Å². The summed E-state index contributed by atoms with van der Waals surface area (Å²) >= 11 is 0. The van der Waals surface area contributed by atoms with Crippen molar-refractivity contribution >= 4 is 11.6 Å². The Labute approximate surface area is 163 Å². The van der Waals surface area contributed by atoms with Gasteiger partial charge in [-0.15, -0.1) is 0 Å². The van der Waals surface area contributed by atoms with E-state index in [2.05, 4.69) is 10.3 Å². The van der Waals surface area contributed by atoms with Crippen LogP contribution in [0, 0.1) is 6.92 Å². The number of amides is 1. The summed E-state index contributed by atoms with van der Waals surface area (Å²) in [5.41, 5.74) is 4.60. The standard InChI is InChI=1S/C23H21N3O2/c1-17-7-12-22-25-20(15-26(22)14-17)16-28-21-10-8-19(9-11-21)23(27)24-13-18-5-3-2-4-6-18/h2-12,14-15H,13,16H2,1H3,(H,24,27). The van der Waals surface area contributed by atoms with Gasteiger partial charge in [-0.2, -0.15) is 0 Å². The molecule has 0 aliphatic carbocycles. The molecule has 4 rings (SSSR count). The highest BCUT2D eigenvalue weighted by molar-refractivity contribution is 5.94. The smallest absolute Gasteiger partial charge is 0.251 e. The van der Waals surface area contributed by atoms with Gasteiger partial charge in [0.1, 0.15) is 18.0 Å². The maximum atomic E-state index is 12.3. The van der Waals surface area contributed by atoms with Crippen molar-refractivity contribution in [1.82, 2.24) is 14.7 Å². The molecule has 0 radical (unpaired) electrons. The summed E-state index contributed by atoms with van der Waals surface area (Å²) in [6.45, 7) is 2.93. The topological polar surface area (TPSA) is 55.6 Å². The lowest BCUT2D eigenvalue weighted by Crippen LogP contribution is -2.22. The molecule has 0 saturated carbocycles. The maximum absolute atomic E-state index is 12.3. The first-order valence-electron chi connectivity index (χ1n) is 9.16. The summed E-state index contributed by atoms with van der Waals surface area (Å²) in [7, 11) is 0. The van der Waals surface area contributed by atoms with Gasteiger partial charge in [0.25, 0.3) is 5.91 Å². The van der Waals surface area contributed by atoms with Crippen molar-refractivity contribution in [3.63, 3.8) is 0 Å². The van der Waals surface area contributed by atoms with Crippen LogP contribution in [0.3, 0.4) is 0 Å². The summed E-state index contributed by atoms with van der Waals surface area (Å²) in [6.07, 6.45) is 4.00. The van der Waals surface area contributed by atoms with E-state index in [0.717, 1.165) is 16.9 Å². The summed E-state index contributed by atoms with van der Waals surface area (Å²) in [4.78, 5) is 16.8. The molecule has 28 heavy (non-hydrogen) atoms. The maximum Gasteiger partial charge on any atom is 0.251 e. The molecule has 140 valence electrons. The Morgan fingerprint density at radius 1 is 1.00 bits per heavy atom. The third-order valence-electron chi connectivity index (χ3n) is 4.45. The van der Waals surface area contributed by atoms with Crippen molar-refractivity contribution in [1.29, 1.82) is 0 Å². The first-order chi connectivity index (χ1) is 13.7. The van der Waals surface area contributed by atoms with Crippen LogP contribution in [0.4, 0.5) is 0 Å². The highest BCUT2D eigenvalue weighted by atomic mass is 16.5. The minimum atomic E-state index is -0.105. The Morgan fingerprint density at radius 3 is 2.57 bits per heavy atom. The van der Waals surface area contributed by atoms with Crippen LogP contribution in [0.25, 0.3) is 5.65 Å². The highest BCUT2D eigenvalue weighted by Crippen LogP contribution is 2.15. The number of hydrogen-bond donors (Lipinski definition) is 1. The van der Waals surface area contributed by atoms with Gasteiger partial charge in [0.2, 0.25) is 0 Å². The number of nitrogens with one attached hydrogen (secondary N) is 1. The number of nitrogens with zero attached hydrogens (tertiary/aromatic N) is 2. The lowest BCUT2D eigenvalue weighted by molar-refractivity contribution is 0.0951. The molecule has 0 fully saturated rings. The largest absolute Gasteiger partial charge is 0.487 e. The average Bonchev–Trinajstić information content (AvgIpc) is 3.13. The van der Waals surface area contributed by atoms with Gasteiger partial charge in [0, 0.05) is 24.5 Å². The second kappa shape index (κ2) is 7.96. The van der Waals surface area contributed by atoms with Crippen molar-refractivity contribution in [2.24, 2.45) is 0 Å². The molecule has 0 aliphatic heterocycles. The molecule has 1 N–H and O–H groups in total. The van der Waals surface area contributed by atoms with E-state index in [9.17, 15) is 4.79 Å². The molecule has 0 saturated heterocycles. The fourth-order valence-electron chi connectivity index (χ4n) is 2.97. The number of aryl methyl sites for hydroxylation is 1. The number of hydrogen-bond acceptors (Lipinski definition) is 3. The van der Waals surface area contributed by atoms with E-state index >= 15 is 0 Å². The van der Waals surface area contributed by atoms with Crippen LogP contribution < -0.4 is 10.1 Å². The van der Waals surface area contributed by atoms with Gasteiger partial charge in [-0.1, -0.05) is 36.4 Å².